The molecule has 0 atom stereocenters. The van der Waals surface area contributed by atoms with Crippen molar-refractivity contribution in [3.05, 3.63) is 66.2 Å². The topological polar surface area (TPSA) is 27.7 Å². The highest BCUT2D eigenvalue weighted by Gasteiger charge is 2.25. The number of fused-ring (bicyclic) bond motifs is 1. The molecular weight excluding hydrogens is 414 g/mol. The summed E-state index contributed by atoms with van der Waals surface area (Å²) >= 11 is 1.64. The quantitative estimate of drug-likeness (QED) is 0.435. The maximum atomic E-state index is 5.63. The Morgan fingerprint density at radius 1 is 0.906 bits per heavy atom. The first-order valence-electron chi connectivity index (χ1n) is 11.8. The summed E-state index contributed by atoms with van der Waals surface area (Å²) in [5.41, 5.74) is 2.37. The van der Waals surface area contributed by atoms with Gasteiger partial charge in [0.25, 0.3) is 0 Å². The zero-order valence-electron chi connectivity index (χ0n) is 18.9. The third-order valence-corrected chi connectivity index (χ3v) is 7.38. The van der Waals surface area contributed by atoms with Gasteiger partial charge in [-0.25, -0.2) is 0 Å². The van der Waals surface area contributed by atoms with E-state index < -0.39 is 0 Å². The number of rotatable bonds is 8. The van der Waals surface area contributed by atoms with Crippen LogP contribution in [-0.4, -0.2) is 49.6 Å². The molecule has 1 saturated carbocycles. The van der Waals surface area contributed by atoms with Crippen molar-refractivity contribution in [2.45, 2.75) is 30.7 Å². The van der Waals surface area contributed by atoms with Gasteiger partial charge in [0.15, 0.2) is 0 Å². The molecule has 1 saturated heterocycles. The van der Waals surface area contributed by atoms with Crippen molar-refractivity contribution in [1.29, 1.82) is 0 Å². The molecule has 168 valence electrons. The van der Waals surface area contributed by atoms with Crippen LogP contribution in [-0.2, 0) is 6.54 Å². The second-order valence-corrected chi connectivity index (χ2v) is 10.0. The number of methoxy groups -OCH3 is 1. The molecule has 0 unspecified atom stereocenters. The number of hydrogen-bond donors (Lipinski definition) is 1. The van der Waals surface area contributed by atoms with E-state index in [1.807, 2.05) is 0 Å². The second kappa shape index (κ2) is 10.2. The molecule has 1 aliphatic heterocycles. The van der Waals surface area contributed by atoms with E-state index in [1.54, 1.807) is 19.1 Å². The fourth-order valence-electron chi connectivity index (χ4n) is 4.57. The molecule has 3 aromatic carbocycles. The van der Waals surface area contributed by atoms with E-state index in [4.69, 9.17) is 4.74 Å². The maximum Gasteiger partial charge on any atom is 0.142 e. The smallest absolute Gasteiger partial charge is 0.142 e. The van der Waals surface area contributed by atoms with Crippen molar-refractivity contribution in [3.63, 3.8) is 0 Å². The van der Waals surface area contributed by atoms with Gasteiger partial charge in [0, 0.05) is 31.1 Å². The fourth-order valence-corrected chi connectivity index (χ4v) is 5.28. The van der Waals surface area contributed by atoms with E-state index in [0.717, 1.165) is 30.4 Å². The molecule has 5 rings (SSSR count). The molecule has 0 aromatic heterocycles. The van der Waals surface area contributed by atoms with Gasteiger partial charge in [0.1, 0.15) is 5.75 Å². The van der Waals surface area contributed by atoms with Crippen LogP contribution in [0, 0.1) is 5.92 Å². The Hall–Kier alpha value is -2.21. The van der Waals surface area contributed by atoms with Crippen LogP contribution < -0.4 is 9.46 Å². The Labute approximate surface area is 196 Å². The predicted octanol–water partition coefficient (Wildman–Crippen LogP) is 5.89. The lowest BCUT2D eigenvalue weighted by atomic mass is 10.1. The zero-order chi connectivity index (χ0) is 21.8. The number of anilines is 1. The van der Waals surface area contributed by atoms with Crippen molar-refractivity contribution in [2.24, 2.45) is 5.92 Å². The van der Waals surface area contributed by atoms with Crippen LogP contribution >= 0.6 is 11.9 Å². The average molecular weight is 448 g/mol. The van der Waals surface area contributed by atoms with E-state index in [0.29, 0.717) is 0 Å². The van der Waals surface area contributed by atoms with Gasteiger partial charge < -0.3 is 14.4 Å². The summed E-state index contributed by atoms with van der Waals surface area (Å²) in [5, 5.41) is 2.53. The third-order valence-electron chi connectivity index (χ3n) is 6.56. The minimum absolute atomic E-state index is 0.883. The lowest BCUT2D eigenvalue weighted by Gasteiger charge is -2.22. The van der Waals surface area contributed by atoms with Gasteiger partial charge in [-0.1, -0.05) is 36.4 Å². The number of hydrogen-bond acceptors (Lipinski definition) is 5. The first-order valence-corrected chi connectivity index (χ1v) is 12.6. The Kier molecular flexibility index (Phi) is 6.86. The van der Waals surface area contributed by atoms with Gasteiger partial charge in [-0.3, -0.25) is 4.90 Å². The summed E-state index contributed by atoms with van der Waals surface area (Å²) in [6.07, 6.45) is 4.16. The van der Waals surface area contributed by atoms with Crippen molar-refractivity contribution >= 4 is 28.4 Å². The first kappa shape index (κ1) is 21.6. The van der Waals surface area contributed by atoms with Crippen LogP contribution in [0.3, 0.4) is 0 Å². The lowest BCUT2D eigenvalue weighted by Crippen LogP contribution is -2.31. The van der Waals surface area contributed by atoms with Crippen LogP contribution in [0.1, 0.15) is 24.8 Å². The molecule has 0 radical (unpaired) electrons. The minimum atomic E-state index is 0.883. The molecule has 3 aromatic rings. The van der Waals surface area contributed by atoms with Gasteiger partial charge in [-0.2, -0.15) is 0 Å². The summed E-state index contributed by atoms with van der Waals surface area (Å²) in [6.45, 7) is 7.11. The number of ether oxygens (including phenoxy) is 1. The molecule has 2 fully saturated rings. The Morgan fingerprint density at radius 3 is 2.56 bits per heavy atom. The second-order valence-electron chi connectivity index (χ2n) is 9.12. The highest BCUT2D eigenvalue weighted by Crippen LogP contribution is 2.32. The molecule has 1 N–H and O–H groups in total. The molecule has 0 bridgehead atoms. The molecular formula is C27H33N3OS. The summed E-state index contributed by atoms with van der Waals surface area (Å²) in [5.74, 6) is 1.87. The van der Waals surface area contributed by atoms with Crippen LogP contribution in [0.5, 0.6) is 5.75 Å². The predicted molar refractivity (Wildman–Crippen MR) is 135 cm³/mol. The van der Waals surface area contributed by atoms with Crippen LogP contribution in [0.25, 0.3) is 10.8 Å². The van der Waals surface area contributed by atoms with E-state index in [-0.39, 0.29) is 0 Å². The van der Waals surface area contributed by atoms with Crippen molar-refractivity contribution in [2.75, 3.05) is 44.6 Å². The molecule has 0 spiro atoms. The Balaban J connectivity index is 1.22. The van der Waals surface area contributed by atoms with Crippen LogP contribution in [0.4, 0.5) is 5.69 Å². The maximum absolute atomic E-state index is 5.63. The van der Waals surface area contributed by atoms with Gasteiger partial charge in [-0.05, 0) is 90.8 Å². The lowest BCUT2D eigenvalue weighted by molar-refractivity contribution is 0.246. The number of nitrogens with zero attached hydrogens (tertiary/aromatic N) is 2. The third kappa shape index (κ3) is 5.58. The van der Waals surface area contributed by atoms with Crippen LogP contribution in [0.15, 0.2) is 65.6 Å². The van der Waals surface area contributed by atoms with Gasteiger partial charge in [0.05, 0.1) is 12.8 Å². The van der Waals surface area contributed by atoms with Crippen molar-refractivity contribution < 1.29 is 4.74 Å². The van der Waals surface area contributed by atoms with Crippen molar-refractivity contribution in [1.82, 2.24) is 9.80 Å². The standard InChI is InChI=1S/C27H33N3OS/c1-31-27-12-9-22(20-30-14-4-13-29(15-16-30)19-21-7-8-21)17-26(27)28-32-25-11-10-23-5-2-3-6-24(23)18-25/h2-3,5-6,9-12,17-18,21,28H,4,7-8,13-16,19-20H2,1H3. The van der Waals surface area contributed by atoms with Gasteiger partial charge in [-0.15, -0.1) is 0 Å². The minimum Gasteiger partial charge on any atom is -0.495 e. The summed E-state index contributed by atoms with van der Waals surface area (Å²) in [4.78, 5) is 6.48. The number of nitrogens with one attached hydrogen (secondary N) is 1. The fraction of sp³-hybridized carbons (Fsp3) is 0.407. The van der Waals surface area contributed by atoms with Crippen LogP contribution in [0.2, 0.25) is 0 Å². The van der Waals surface area contributed by atoms with Crippen molar-refractivity contribution in [3.8, 4) is 5.75 Å². The largest absolute Gasteiger partial charge is 0.495 e. The molecule has 1 heterocycles. The first-order chi connectivity index (χ1) is 15.8. The Morgan fingerprint density at radius 2 is 1.72 bits per heavy atom. The van der Waals surface area contributed by atoms with Gasteiger partial charge in [0.2, 0.25) is 0 Å². The highest BCUT2D eigenvalue weighted by molar-refractivity contribution is 8.00. The molecule has 0 amide bonds. The highest BCUT2D eigenvalue weighted by atomic mass is 32.2. The summed E-state index contributed by atoms with van der Waals surface area (Å²) < 4.78 is 9.17. The zero-order valence-corrected chi connectivity index (χ0v) is 19.7. The molecule has 32 heavy (non-hydrogen) atoms. The molecule has 5 heteroatoms. The van der Waals surface area contributed by atoms with E-state index in [1.165, 1.54) is 66.7 Å². The summed E-state index contributed by atoms with van der Waals surface area (Å²) in [7, 11) is 1.74. The van der Waals surface area contributed by atoms with E-state index in [9.17, 15) is 0 Å². The number of benzene rings is 3. The van der Waals surface area contributed by atoms with Gasteiger partial charge >= 0.3 is 0 Å². The monoisotopic (exact) mass is 447 g/mol. The molecule has 2 aliphatic rings. The SMILES string of the molecule is COc1ccc(CN2CCCN(CC3CC3)CC2)cc1NSc1ccc2ccccc2c1. The molecule has 4 nitrogen and oxygen atoms in total. The normalized spacial score (nSPS) is 17.9. The van der Waals surface area contributed by atoms with E-state index >= 15 is 0 Å². The Bertz CT molecular complexity index is 1050. The molecule has 1 aliphatic carbocycles. The van der Waals surface area contributed by atoms with E-state index in [2.05, 4.69) is 75.2 Å². The average Bonchev–Trinajstić information content (AvgIpc) is 3.66. The summed E-state index contributed by atoms with van der Waals surface area (Å²) in [6, 6.07) is 21.6.